The fourth-order valence-electron chi connectivity index (χ4n) is 2.53. The lowest BCUT2D eigenvalue weighted by Gasteiger charge is -2.06. The molecule has 0 bridgehead atoms. The van der Waals surface area contributed by atoms with E-state index in [4.69, 9.17) is 4.74 Å². The lowest BCUT2D eigenvalue weighted by molar-refractivity contribution is -0.116. The van der Waals surface area contributed by atoms with Gasteiger partial charge in [0.05, 0.1) is 11.8 Å². The van der Waals surface area contributed by atoms with E-state index in [2.05, 4.69) is 10.3 Å². The lowest BCUT2D eigenvalue weighted by atomic mass is 10.2. The van der Waals surface area contributed by atoms with E-state index in [0.717, 1.165) is 22.2 Å². The number of nitrogens with one attached hydrogen (secondary N) is 1. The van der Waals surface area contributed by atoms with Gasteiger partial charge in [0.2, 0.25) is 5.91 Å². The van der Waals surface area contributed by atoms with Crippen molar-refractivity contribution in [3.63, 3.8) is 0 Å². The molecule has 0 saturated carbocycles. The number of fused-ring (bicyclic) bond motifs is 1. The summed E-state index contributed by atoms with van der Waals surface area (Å²) in [6.07, 6.45) is 1.50. The second-order valence-electron chi connectivity index (χ2n) is 6.08. The van der Waals surface area contributed by atoms with E-state index in [0.29, 0.717) is 15.7 Å². The van der Waals surface area contributed by atoms with E-state index in [-0.39, 0.29) is 24.4 Å². The van der Waals surface area contributed by atoms with Gasteiger partial charge in [0.25, 0.3) is 0 Å². The van der Waals surface area contributed by atoms with E-state index in [1.165, 1.54) is 12.1 Å². The summed E-state index contributed by atoms with van der Waals surface area (Å²) in [7, 11) is 0. The first kappa shape index (κ1) is 18.1. The van der Waals surface area contributed by atoms with Gasteiger partial charge in [-0.1, -0.05) is 11.3 Å². The molecular weight excluding hydrogens is 357 g/mol. The number of hydrogen-bond acceptors (Lipinski definition) is 5. The van der Waals surface area contributed by atoms with Crippen LogP contribution in [0.1, 0.15) is 29.2 Å². The van der Waals surface area contributed by atoms with Gasteiger partial charge in [0.15, 0.2) is 5.13 Å². The van der Waals surface area contributed by atoms with Gasteiger partial charge in [-0.15, -0.1) is 0 Å². The number of ether oxygens (including phenoxy) is 1. The Labute approximate surface area is 153 Å². The number of aromatic nitrogens is 2. The molecule has 1 aromatic carbocycles. The Hall–Kier alpha value is -2.74. The molecule has 2 heterocycles. The molecule has 2 aromatic heterocycles. The van der Waals surface area contributed by atoms with Crippen molar-refractivity contribution in [2.45, 2.75) is 33.4 Å². The maximum Gasteiger partial charge on any atom is 0.350 e. The summed E-state index contributed by atoms with van der Waals surface area (Å²) >= 11 is 1.08. The molecule has 0 radical (unpaired) electrons. The topological polar surface area (TPSA) is 73.2 Å². The number of thiazole rings is 1. The molecule has 0 aliphatic carbocycles. The van der Waals surface area contributed by atoms with E-state index in [9.17, 15) is 14.0 Å². The Kier molecular flexibility index (Phi) is 5.03. The van der Waals surface area contributed by atoms with Crippen molar-refractivity contribution >= 4 is 39.2 Å². The zero-order valence-electron chi connectivity index (χ0n) is 14.6. The molecule has 0 fully saturated rings. The Balaban J connectivity index is 1.71. The largest absolute Gasteiger partial charge is 0.459 e. The number of esters is 1. The first-order valence-electron chi connectivity index (χ1n) is 8.06. The zero-order valence-corrected chi connectivity index (χ0v) is 15.4. The predicted octanol–water partition coefficient (Wildman–Crippen LogP) is 3.75. The molecule has 0 spiro atoms. The van der Waals surface area contributed by atoms with Crippen LogP contribution in [-0.4, -0.2) is 27.5 Å². The van der Waals surface area contributed by atoms with Crippen molar-refractivity contribution in [3.8, 4) is 0 Å². The van der Waals surface area contributed by atoms with Crippen molar-refractivity contribution in [2.24, 2.45) is 0 Å². The van der Waals surface area contributed by atoms with Crippen molar-refractivity contribution < 1.29 is 18.7 Å². The van der Waals surface area contributed by atoms with Gasteiger partial charge in [-0.05, 0) is 45.0 Å². The third-order valence-electron chi connectivity index (χ3n) is 3.62. The van der Waals surface area contributed by atoms with Gasteiger partial charge in [0.1, 0.15) is 17.2 Å². The summed E-state index contributed by atoms with van der Waals surface area (Å²) in [5, 5.41) is 3.75. The number of anilines is 1. The molecule has 0 aliphatic heterocycles. The van der Waals surface area contributed by atoms with Gasteiger partial charge >= 0.3 is 5.97 Å². The molecule has 136 valence electrons. The van der Waals surface area contributed by atoms with E-state index in [1.807, 2.05) is 0 Å². The summed E-state index contributed by atoms with van der Waals surface area (Å²) in [6, 6.07) is 6.15. The molecule has 1 N–H and O–H groups in total. The predicted molar refractivity (Wildman–Crippen MR) is 97.9 cm³/mol. The van der Waals surface area contributed by atoms with Crippen molar-refractivity contribution in [3.05, 3.63) is 46.9 Å². The third kappa shape index (κ3) is 3.91. The fraction of sp³-hybridized carbons (Fsp3) is 0.278. The molecule has 0 aliphatic rings. The molecule has 1 amide bonds. The number of amides is 1. The molecule has 6 nitrogen and oxygen atoms in total. The molecule has 0 atom stereocenters. The van der Waals surface area contributed by atoms with Crippen LogP contribution in [0.25, 0.3) is 10.9 Å². The van der Waals surface area contributed by atoms with Crippen molar-refractivity contribution in [2.75, 3.05) is 5.32 Å². The van der Waals surface area contributed by atoms with E-state index in [1.54, 1.807) is 43.7 Å². The number of halogens is 1. The van der Waals surface area contributed by atoms with Crippen LogP contribution >= 0.6 is 11.3 Å². The van der Waals surface area contributed by atoms with Gasteiger partial charge < -0.3 is 14.6 Å². The maximum absolute atomic E-state index is 13.2. The Morgan fingerprint density at radius 1 is 1.35 bits per heavy atom. The summed E-state index contributed by atoms with van der Waals surface area (Å²) in [6.45, 7) is 5.28. The molecule has 0 unspecified atom stereocenters. The number of aryl methyl sites for hydroxylation is 1. The Morgan fingerprint density at radius 2 is 2.12 bits per heavy atom. The third-order valence-corrected chi connectivity index (χ3v) is 4.67. The fourth-order valence-corrected chi connectivity index (χ4v) is 3.39. The number of carbonyl (C=O) groups excluding carboxylic acids is 2. The van der Waals surface area contributed by atoms with Crippen LogP contribution in [0.4, 0.5) is 9.52 Å². The average molecular weight is 375 g/mol. The van der Waals surface area contributed by atoms with Crippen LogP contribution in [0.3, 0.4) is 0 Å². The minimum absolute atomic E-state index is 0.0551. The molecule has 3 aromatic rings. The summed E-state index contributed by atoms with van der Waals surface area (Å²) < 4.78 is 20.1. The van der Waals surface area contributed by atoms with Crippen LogP contribution in [0.5, 0.6) is 0 Å². The highest BCUT2D eigenvalue weighted by molar-refractivity contribution is 7.17. The number of rotatable bonds is 5. The van der Waals surface area contributed by atoms with Crippen LogP contribution in [0.15, 0.2) is 30.5 Å². The first-order chi connectivity index (χ1) is 12.3. The summed E-state index contributed by atoms with van der Waals surface area (Å²) in [5.41, 5.74) is 1.27. The number of carbonyl (C=O) groups is 2. The van der Waals surface area contributed by atoms with Gasteiger partial charge in [0, 0.05) is 17.1 Å². The molecule has 3 rings (SSSR count). The number of hydrogen-bond donors (Lipinski definition) is 1. The van der Waals surface area contributed by atoms with Gasteiger partial charge in [-0.25, -0.2) is 14.2 Å². The Bertz CT molecular complexity index is 977. The van der Waals surface area contributed by atoms with Crippen LogP contribution < -0.4 is 5.32 Å². The standard InChI is InChI=1S/C18H18FN3O3S/c1-10(2)25-17(24)16-11(3)20-18(26-16)21-15(23)9-22-7-6-12-8-13(19)4-5-14(12)22/h4-8,10H,9H2,1-3H3,(H,20,21,23). The summed E-state index contributed by atoms with van der Waals surface area (Å²) in [4.78, 5) is 28.9. The zero-order chi connectivity index (χ0) is 18.8. The van der Waals surface area contributed by atoms with Crippen molar-refractivity contribution in [1.82, 2.24) is 9.55 Å². The lowest BCUT2D eigenvalue weighted by Crippen LogP contribution is -2.18. The SMILES string of the molecule is Cc1nc(NC(=O)Cn2ccc3cc(F)ccc32)sc1C(=O)OC(C)C. The second kappa shape index (κ2) is 7.25. The normalized spacial score (nSPS) is 11.1. The van der Waals surface area contributed by atoms with Crippen molar-refractivity contribution in [1.29, 1.82) is 0 Å². The average Bonchev–Trinajstić information content (AvgIpc) is 3.10. The minimum atomic E-state index is -0.450. The van der Waals surface area contributed by atoms with E-state index < -0.39 is 5.97 Å². The highest BCUT2D eigenvalue weighted by atomic mass is 32.1. The quantitative estimate of drug-likeness (QED) is 0.690. The van der Waals surface area contributed by atoms with Crippen LogP contribution in [0, 0.1) is 12.7 Å². The monoisotopic (exact) mass is 375 g/mol. The number of nitrogens with zero attached hydrogens (tertiary/aromatic N) is 2. The molecule has 26 heavy (non-hydrogen) atoms. The maximum atomic E-state index is 13.2. The van der Waals surface area contributed by atoms with Crippen LogP contribution in [0.2, 0.25) is 0 Å². The second-order valence-corrected chi connectivity index (χ2v) is 7.08. The molecule has 8 heteroatoms. The minimum Gasteiger partial charge on any atom is -0.459 e. The summed E-state index contributed by atoms with van der Waals surface area (Å²) in [5.74, 6) is -1.06. The van der Waals surface area contributed by atoms with Crippen LogP contribution in [-0.2, 0) is 16.1 Å². The molecule has 0 saturated heterocycles. The smallest absolute Gasteiger partial charge is 0.350 e. The Morgan fingerprint density at radius 3 is 2.85 bits per heavy atom. The number of benzene rings is 1. The van der Waals surface area contributed by atoms with Gasteiger partial charge in [-0.2, -0.15) is 0 Å². The van der Waals surface area contributed by atoms with Gasteiger partial charge in [-0.3, -0.25) is 4.79 Å². The first-order valence-corrected chi connectivity index (χ1v) is 8.88. The van der Waals surface area contributed by atoms with E-state index >= 15 is 0 Å². The highest BCUT2D eigenvalue weighted by Gasteiger charge is 2.19. The molecular formula is C18H18FN3O3S. The highest BCUT2D eigenvalue weighted by Crippen LogP contribution is 2.24.